The fourth-order valence-corrected chi connectivity index (χ4v) is 2.28. The molecule has 0 radical (unpaired) electrons. The van der Waals surface area contributed by atoms with Crippen molar-refractivity contribution in [2.75, 3.05) is 6.61 Å². The monoisotopic (exact) mass is 273 g/mol. The Bertz CT molecular complexity index is 559. The van der Waals surface area contributed by atoms with Crippen LogP contribution in [0.15, 0.2) is 53.2 Å². The van der Waals surface area contributed by atoms with Gasteiger partial charge in [-0.1, -0.05) is 18.2 Å². The summed E-state index contributed by atoms with van der Waals surface area (Å²) in [6, 6.07) is 9.90. The molecule has 0 amide bonds. The highest BCUT2D eigenvalue weighted by Gasteiger charge is 1.99. The number of thiophene rings is 1. The lowest BCUT2D eigenvalue weighted by Crippen LogP contribution is -2.18. The van der Waals surface area contributed by atoms with Crippen molar-refractivity contribution in [1.82, 2.24) is 0 Å². The van der Waals surface area contributed by atoms with E-state index in [1.165, 1.54) is 11.6 Å². The predicted molar refractivity (Wildman–Crippen MR) is 74.0 cm³/mol. The first-order valence-electron chi connectivity index (χ1n) is 5.88. The molecule has 0 atom stereocenters. The normalized spacial score (nSPS) is 10.7. The molecule has 0 bridgehead atoms. The number of benzene rings is 1. The molecule has 2 rings (SSSR count). The molecule has 1 aromatic carbocycles. The second kappa shape index (κ2) is 6.75. The van der Waals surface area contributed by atoms with Crippen LogP contribution in [0.2, 0.25) is 0 Å². The van der Waals surface area contributed by atoms with Crippen LogP contribution in [-0.2, 0) is 4.79 Å². The molecule has 0 spiro atoms. The minimum atomic E-state index is -1.18. The molecular weight excluding hydrogens is 260 g/mol. The molecule has 4 heteroatoms. The minimum absolute atomic E-state index is 0.441. The topological polar surface area (TPSA) is 49.4 Å². The van der Waals surface area contributed by atoms with Crippen molar-refractivity contribution in [3.63, 3.8) is 0 Å². The molecule has 0 aliphatic rings. The van der Waals surface area contributed by atoms with Gasteiger partial charge in [-0.15, -0.1) is 0 Å². The summed E-state index contributed by atoms with van der Waals surface area (Å²) in [4.78, 5) is 10.2. The fourth-order valence-electron chi connectivity index (χ4n) is 1.62. The van der Waals surface area contributed by atoms with Crippen molar-refractivity contribution >= 4 is 17.3 Å². The smallest absolute Gasteiger partial charge is 0.119 e. The molecule has 0 aliphatic heterocycles. The third kappa shape index (κ3) is 4.26. The standard InChI is InChI=1S/C15H14O3S/c16-15(17)6-1-2-8-18-14-5-3-4-12(10-14)13-7-9-19-11-13/h1,3-7,9-11H,2,8H2,(H,16,17)/p-1/b6-1+. The molecule has 0 N–H and O–H groups in total. The first-order valence-corrected chi connectivity index (χ1v) is 6.83. The highest BCUT2D eigenvalue weighted by atomic mass is 32.1. The summed E-state index contributed by atoms with van der Waals surface area (Å²) in [5.41, 5.74) is 2.29. The molecule has 1 aromatic heterocycles. The average Bonchev–Trinajstić information content (AvgIpc) is 2.92. The van der Waals surface area contributed by atoms with E-state index in [2.05, 4.69) is 11.4 Å². The van der Waals surface area contributed by atoms with Gasteiger partial charge in [0.25, 0.3) is 0 Å². The lowest BCUT2D eigenvalue weighted by atomic mass is 10.1. The van der Waals surface area contributed by atoms with Gasteiger partial charge < -0.3 is 14.6 Å². The summed E-state index contributed by atoms with van der Waals surface area (Å²) in [5.74, 6) is -0.398. The Labute approximate surface area is 115 Å². The zero-order chi connectivity index (χ0) is 13.5. The number of carboxylic acid groups (broad SMARTS) is 1. The van der Waals surface area contributed by atoms with Gasteiger partial charge in [0.15, 0.2) is 0 Å². The number of hydrogen-bond acceptors (Lipinski definition) is 4. The van der Waals surface area contributed by atoms with E-state index >= 15 is 0 Å². The van der Waals surface area contributed by atoms with E-state index in [9.17, 15) is 9.90 Å². The van der Waals surface area contributed by atoms with E-state index in [4.69, 9.17) is 4.74 Å². The minimum Gasteiger partial charge on any atom is -0.545 e. The maximum Gasteiger partial charge on any atom is 0.119 e. The number of hydrogen-bond donors (Lipinski definition) is 0. The second-order valence-corrected chi connectivity index (χ2v) is 4.68. The molecule has 0 fully saturated rings. The molecule has 98 valence electrons. The van der Waals surface area contributed by atoms with Gasteiger partial charge in [-0.25, -0.2) is 0 Å². The summed E-state index contributed by atoms with van der Waals surface area (Å²) >= 11 is 1.66. The molecular formula is C15H13O3S-. The van der Waals surface area contributed by atoms with Gasteiger partial charge in [-0.3, -0.25) is 0 Å². The van der Waals surface area contributed by atoms with Crippen LogP contribution in [0.3, 0.4) is 0 Å². The van der Waals surface area contributed by atoms with E-state index in [1.807, 2.05) is 29.6 Å². The van der Waals surface area contributed by atoms with Gasteiger partial charge >= 0.3 is 0 Å². The van der Waals surface area contributed by atoms with Gasteiger partial charge in [0, 0.05) is 0 Å². The zero-order valence-corrected chi connectivity index (χ0v) is 11.1. The Kier molecular flexibility index (Phi) is 4.75. The van der Waals surface area contributed by atoms with Crippen molar-refractivity contribution < 1.29 is 14.6 Å². The van der Waals surface area contributed by atoms with E-state index in [0.717, 1.165) is 17.4 Å². The number of carbonyl (C=O) groups is 1. The quantitative estimate of drug-likeness (QED) is 0.600. The number of carboxylic acids is 1. The summed E-state index contributed by atoms with van der Waals surface area (Å²) < 4.78 is 5.57. The molecule has 2 aromatic rings. The Balaban J connectivity index is 1.91. The Hall–Kier alpha value is -2.07. The molecule has 0 unspecified atom stereocenters. The Morgan fingerprint density at radius 1 is 1.32 bits per heavy atom. The van der Waals surface area contributed by atoms with Crippen LogP contribution in [0.1, 0.15) is 6.42 Å². The lowest BCUT2D eigenvalue weighted by molar-refractivity contribution is -0.297. The van der Waals surface area contributed by atoms with Crippen molar-refractivity contribution in [1.29, 1.82) is 0 Å². The third-order valence-electron chi connectivity index (χ3n) is 2.50. The van der Waals surface area contributed by atoms with E-state index in [0.29, 0.717) is 13.0 Å². The van der Waals surface area contributed by atoms with E-state index in [1.54, 1.807) is 11.3 Å². The van der Waals surface area contributed by atoms with Crippen LogP contribution < -0.4 is 9.84 Å². The predicted octanol–water partition coefficient (Wildman–Crippen LogP) is 2.49. The van der Waals surface area contributed by atoms with E-state index < -0.39 is 5.97 Å². The second-order valence-electron chi connectivity index (χ2n) is 3.90. The van der Waals surface area contributed by atoms with Crippen LogP contribution in [0.4, 0.5) is 0 Å². The van der Waals surface area contributed by atoms with Crippen molar-refractivity contribution in [2.24, 2.45) is 0 Å². The molecule has 0 saturated carbocycles. The summed E-state index contributed by atoms with van der Waals surface area (Å²) in [6.07, 6.45) is 3.08. The van der Waals surface area contributed by atoms with Gasteiger partial charge in [0.2, 0.25) is 0 Å². The maximum absolute atomic E-state index is 10.2. The molecule has 1 heterocycles. The first-order chi connectivity index (χ1) is 9.25. The van der Waals surface area contributed by atoms with Gasteiger partial charge in [-0.2, -0.15) is 11.3 Å². The van der Waals surface area contributed by atoms with Crippen molar-refractivity contribution in [3.8, 4) is 16.9 Å². The number of ether oxygens (including phenoxy) is 1. The maximum atomic E-state index is 10.2. The van der Waals surface area contributed by atoms with Crippen LogP contribution in [0.25, 0.3) is 11.1 Å². The summed E-state index contributed by atoms with van der Waals surface area (Å²) in [7, 11) is 0. The van der Waals surface area contributed by atoms with Gasteiger partial charge in [0.1, 0.15) is 5.75 Å². The van der Waals surface area contributed by atoms with Gasteiger partial charge in [0.05, 0.1) is 12.6 Å². The van der Waals surface area contributed by atoms with Crippen LogP contribution in [0, 0.1) is 0 Å². The first kappa shape index (κ1) is 13.4. The largest absolute Gasteiger partial charge is 0.545 e. The zero-order valence-electron chi connectivity index (χ0n) is 10.2. The average molecular weight is 273 g/mol. The van der Waals surface area contributed by atoms with Crippen molar-refractivity contribution in [3.05, 3.63) is 53.2 Å². The number of carbonyl (C=O) groups excluding carboxylic acids is 1. The Morgan fingerprint density at radius 3 is 2.95 bits per heavy atom. The highest BCUT2D eigenvalue weighted by Crippen LogP contribution is 2.25. The SMILES string of the molecule is O=C([O-])/C=C/CCOc1cccc(-c2ccsc2)c1. The summed E-state index contributed by atoms with van der Waals surface area (Å²) in [5, 5.41) is 14.3. The molecule has 19 heavy (non-hydrogen) atoms. The molecule has 0 aliphatic carbocycles. The van der Waals surface area contributed by atoms with Crippen LogP contribution in [-0.4, -0.2) is 12.6 Å². The summed E-state index contributed by atoms with van der Waals surface area (Å²) in [6.45, 7) is 0.441. The molecule has 0 saturated heterocycles. The number of rotatable bonds is 6. The molecule has 3 nitrogen and oxygen atoms in total. The highest BCUT2D eigenvalue weighted by molar-refractivity contribution is 7.08. The van der Waals surface area contributed by atoms with E-state index in [-0.39, 0.29) is 0 Å². The van der Waals surface area contributed by atoms with Crippen LogP contribution in [0.5, 0.6) is 5.75 Å². The number of aliphatic carboxylic acids is 1. The van der Waals surface area contributed by atoms with Crippen molar-refractivity contribution in [2.45, 2.75) is 6.42 Å². The van der Waals surface area contributed by atoms with Gasteiger partial charge in [-0.05, 0) is 52.6 Å². The fraction of sp³-hybridized carbons (Fsp3) is 0.133. The third-order valence-corrected chi connectivity index (χ3v) is 3.18. The van der Waals surface area contributed by atoms with Crippen LogP contribution >= 0.6 is 11.3 Å². The Morgan fingerprint density at radius 2 is 2.21 bits per heavy atom. The lowest BCUT2D eigenvalue weighted by Gasteiger charge is -2.06.